The van der Waals surface area contributed by atoms with Crippen LogP contribution < -0.4 is 4.48 Å². The number of hydrogen-bond donors (Lipinski definition) is 0. The van der Waals surface area contributed by atoms with Crippen molar-refractivity contribution in [2.24, 2.45) is 0 Å². The van der Waals surface area contributed by atoms with Crippen molar-refractivity contribution in [3.05, 3.63) is 29.3 Å². The zero-order valence-electron chi connectivity index (χ0n) is 11.4. The number of rotatable bonds is 1. The number of ketones is 1. The summed E-state index contributed by atoms with van der Waals surface area (Å²) >= 11 is 0. The maximum atomic E-state index is 12.2. The fraction of sp³-hybridized carbons (Fsp3) is 0.429. The Morgan fingerprint density at radius 1 is 1.17 bits per heavy atom. The van der Waals surface area contributed by atoms with E-state index in [1.165, 1.54) is 4.90 Å². The van der Waals surface area contributed by atoms with Gasteiger partial charge < -0.3 is 4.90 Å². The first kappa shape index (κ1) is 12.8. The van der Waals surface area contributed by atoms with Crippen LogP contribution in [-0.4, -0.2) is 51.3 Å². The van der Waals surface area contributed by atoms with Crippen LogP contribution in [0.3, 0.4) is 0 Å². The van der Waals surface area contributed by atoms with Gasteiger partial charge in [0.25, 0.3) is 5.91 Å². The molecule has 0 saturated carbocycles. The molecule has 0 saturated heterocycles. The van der Waals surface area contributed by atoms with E-state index >= 15 is 0 Å². The van der Waals surface area contributed by atoms with Gasteiger partial charge in [-0.3, -0.25) is 14.1 Å². The monoisotopic (exact) mass is 247 g/mol. The van der Waals surface area contributed by atoms with Crippen LogP contribution in [0.15, 0.2) is 18.2 Å². The SMILES string of the molecule is CN1CC(=O)Cc2ccc([N+](C)(C)C)cc2C1=O. The summed E-state index contributed by atoms with van der Waals surface area (Å²) in [6, 6.07) is 5.81. The number of likely N-dealkylation sites (N-methyl/N-ethyl adjacent to an activating group) is 1. The molecule has 0 radical (unpaired) electrons. The van der Waals surface area contributed by atoms with Crippen molar-refractivity contribution >= 4 is 17.4 Å². The zero-order valence-corrected chi connectivity index (χ0v) is 11.4. The molecule has 0 bridgehead atoms. The second-order valence-electron chi connectivity index (χ2n) is 5.73. The Labute approximate surface area is 107 Å². The average Bonchev–Trinajstić information content (AvgIpc) is 2.35. The number of carbonyl (C=O) groups excluding carboxylic acids is 2. The molecular formula is C14H19N2O2+. The van der Waals surface area contributed by atoms with Crippen molar-refractivity contribution in [1.29, 1.82) is 0 Å². The van der Waals surface area contributed by atoms with Crippen molar-refractivity contribution < 1.29 is 9.59 Å². The molecule has 0 unspecified atom stereocenters. The maximum absolute atomic E-state index is 12.2. The van der Waals surface area contributed by atoms with Crippen LogP contribution in [0.25, 0.3) is 0 Å². The number of nitrogens with zero attached hydrogens (tertiary/aromatic N) is 2. The molecule has 4 heteroatoms. The highest BCUT2D eigenvalue weighted by molar-refractivity contribution is 6.02. The summed E-state index contributed by atoms with van der Waals surface area (Å²) in [5, 5.41) is 0. The molecule has 1 aromatic rings. The minimum Gasteiger partial charge on any atom is -0.334 e. The lowest BCUT2D eigenvalue weighted by Crippen LogP contribution is -2.35. The number of Topliss-reactive ketones (excluding diaryl/α,β-unsaturated/α-hetero) is 1. The molecule has 1 aliphatic rings. The number of hydrogen-bond acceptors (Lipinski definition) is 2. The van der Waals surface area contributed by atoms with Crippen molar-refractivity contribution in [3.63, 3.8) is 0 Å². The molecule has 4 nitrogen and oxygen atoms in total. The van der Waals surface area contributed by atoms with Gasteiger partial charge in [0.1, 0.15) is 5.69 Å². The van der Waals surface area contributed by atoms with Gasteiger partial charge in [0, 0.05) is 25.1 Å². The van der Waals surface area contributed by atoms with Crippen molar-refractivity contribution in [2.45, 2.75) is 6.42 Å². The number of amides is 1. The second kappa shape index (κ2) is 4.21. The standard InChI is InChI=1S/C14H19N2O2/c1-15-9-12(17)7-10-5-6-11(16(2,3)4)8-13(10)14(15)18/h5-6,8H,7,9H2,1-4H3/q+1. The van der Waals surface area contributed by atoms with Crippen molar-refractivity contribution in [3.8, 4) is 0 Å². The van der Waals surface area contributed by atoms with E-state index in [0.717, 1.165) is 11.3 Å². The highest BCUT2D eigenvalue weighted by Crippen LogP contribution is 2.24. The van der Waals surface area contributed by atoms with E-state index in [-0.39, 0.29) is 18.2 Å². The fourth-order valence-corrected chi connectivity index (χ4v) is 2.15. The van der Waals surface area contributed by atoms with Crippen LogP contribution in [-0.2, 0) is 11.2 Å². The molecule has 0 spiro atoms. The molecule has 0 atom stereocenters. The van der Waals surface area contributed by atoms with Gasteiger partial charge in [0.2, 0.25) is 0 Å². The van der Waals surface area contributed by atoms with Crippen LogP contribution >= 0.6 is 0 Å². The molecule has 2 rings (SSSR count). The van der Waals surface area contributed by atoms with E-state index < -0.39 is 0 Å². The maximum Gasteiger partial charge on any atom is 0.254 e. The van der Waals surface area contributed by atoms with Crippen LogP contribution in [0, 0.1) is 0 Å². The quantitative estimate of drug-likeness (QED) is 0.696. The molecule has 0 aromatic heterocycles. The molecule has 0 aliphatic carbocycles. The third kappa shape index (κ3) is 2.29. The van der Waals surface area contributed by atoms with Gasteiger partial charge in [0.15, 0.2) is 5.78 Å². The first-order valence-electron chi connectivity index (χ1n) is 6.01. The number of quaternary nitrogens is 1. The molecular weight excluding hydrogens is 228 g/mol. The smallest absolute Gasteiger partial charge is 0.254 e. The van der Waals surface area contributed by atoms with Crippen molar-refractivity contribution in [2.75, 3.05) is 34.7 Å². The average molecular weight is 247 g/mol. The van der Waals surface area contributed by atoms with E-state index in [9.17, 15) is 9.59 Å². The van der Waals surface area contributed by atoms with Gasteiger partial charge in [-0.05, 0) is 11.6 Å². The summed E-state index contributed by atoms with van der Waals surface area (Å²) in [6.45, 7) is 0.202. The van der Waals surface area contributed by atoms with Crippen LogP contribution in [0.5, 0.6) is 0 Å². The molecule has 1 amide bonds. The highest BCUT2D eigenvalue weighted by Gasteiger charge is 2.26. The first-order valence-corrected chi connectivity index (χ1v) is 6.01. The zero-order chi connectivity index (χ0) is 13.5. The van der Waals surface area contributed by atoms with Crippen LogP contribution in [0.2, 0.25) is 0 Å². The third-order valence-electron chi connectivity index (χ3n) is 3.25. The number of carbonyl (C=O) groups is 2. The van der Waals surface area contributed by atoms with Gasteiger partial charge in [-0.1, -0.05) is 6.07 Å². The Morgan fingerprint density at radius 2 is 1.83 bits per heavy atom. The molecule has 18 heavy (non-hydrogen) atoms. The van der Waals surface area contributed by atoms with Gasteiger partial charge in [-0.25, -0.2) is 0 Å². The Bertz CT molecular complexity index is 515. The lowest BCUT2D eigenvalue weighted by molar-refractivity contribution is -0.118. The van der Waals surface area contributed by atoms with Crippen LogP contribution in [0.4, 0.5) is 5.69 Å². The topological polar surface area (TPSA) is 37.4 Å². The Balaban J connectivity index is 2.54. The van der Waals surface area contributed by atoms with E-state index in [1.54, 1.807) is 7.05 Å². The lowest BCUT2D eigenvalue weighted by Gasteiger charge is -2.24. The predicted molar refractivity (Wildman–Crippen MR) is 71.7 cm³/mol. The summed E-state index contributed by atoms with van der Waals surface area (Å²) in [7, 11) is 7.83. The Kier molecular flexibility index (Phi) is 2.99. The third-order valence-corrected chi connectivity index (χ3v) is 3.25. The second-order valence-corrected chi connectivity index (χ2v) is 5.73. The molecule has 0 fully saturated rings. The lowest BCUT2D eigenvalue weighted by atomic mass is 10.0. The Hall–Kier alpha value is -1.68. The summed E-state index contributed by atoms with van der Waals surface area (Å²) in [5.41, 5.74) is 2.56. The van der Waals surface area contributed by atoms with Crippen LogP contribution in [0.1, 0.15) is 15.9 Å². The molecule has 96 valence electrons. The largest absolute Gasteiger partial charge is 0.334 e. The van der Waals surface area contributed by atoms with E-state index in [0.29, 0.717) is 16.5 Å². The normalized spacial score (nSPS) is 16.6. The molecule has 1 aliphatic heterocycles. The summed E-state index contributed by atoms with van der Waals surface area (Å²) in [5.74, 6) is 0.0220. The minimum absolute atomic E-state index is 0.0637. The van der Waals surface area contributed by atoms with E-state index in [4.69, 9.17) is 0 Å². The summed E-state index contributed by atoms with van der Waals surface area (Å²) < 4.78 is 0.651. The van der Waals surface area contributed by atoms with Gasteiger partial charge >= 0.3 is 0 Å². The van der Waals surface area contributed by atoms with Gasteiger partial charge in [-0.15, -0.1) is 0 Å². The predicted octanol–water partition coefficient (Wildman–Crippen LogP) is 1.08. The molecule has 1 aromatic carbocycles. The van der Waals surface area contributed by atoms with E-state index in [1.807, 2.05) is 18.2 Å². The summed E-state index contributed by atoms with van der Waals surface area (Å²) in [4.78, 5) is 25.4. The number of fused-ring (bicyclic) bond motifs is 1. The summed E-state index contributed by atoms with van der Waals surface area (Å²) in [6.07, 6.45) is 0.350. The first-order chi connectivity index (χ1) is 8.29. The van der Waals surface area contributed by atoms with Gasteiger partial charge in [0.05, 0.1) is 27.7 Å². The highest BCUT2D eigenvalue weighted by atomic mass is 16.2. The fourth-order valence-electron chi connectivity index (χ4n) is 2.15. The molecule has 0 N–H and O–H groups in total. The Morgan fingerprint density at radius 3 is 2.44 bits per heavy atom. The minimum atomic E-state index is -0.0637. The van der Waals surface area contributed by atoms with Crippen molar-refractivity contribution in [1.82, 2.24) is 9.38 Å². The number of benzene rings is 1. The van der Waals surface area contributed by atoms with Gasteiger partial charge in [-0.2, -0.15) is 0 Å². The van der Waals surface area contributed by atoms with E-state index in [2.05, 4.69) is 21.1 Å². The molecule has 1 heterocycles.